The summed E-state index contributed by atoms with van der Waals surface area (Å²) in [4.78, 5) is 2.39. The summed E-state index contributed by atoms with van der Waals surface area (Å²) in [7, 11) is 2.19. The lowest BCUT2D eigenvalue weighted by molar-refractivity contribution is 0.0735. The van der Waals surface area contributed by atoms with E-state index in [-0.39, 0.29) is 6.61 Å². The highest BCUT2D eigenvalue weighted by Gasteiger charge is 2.39. The van der Waals surface area contributed by atoms with Crippen LogP contribution in [0.4, 0.5) is 0 Å². The van der Waals surface area contributed by atoms with Crippen molar-refractivity contribution in [3.63, 3.8) is 0 Å². The second kappa shape index (κ2) is 5.99. The van der Waals surface area contributed by atoms with E-state index in [2.05, 4.69) is 11.9 Å². The minimum atomic E-state index is 0.135. The van der Waals surface area contributed by atoms with Crippen molar-refractivity contribution in [3.05, 3.63) is 0 Å². The number of aliphatic hydroxyl groups is 1. The van der Waals surface area contributed by atoms with Gasteiger partial charge < -0.3 is 14.7 Å². The third kappa shape index (κ3) is 3.19. The Labute approximate surface area is 98.8 Å². The Bertz CT molecular complexity index is 210. The third-order valence-corrected chi connectivity index (χ3v) is 4.28. The summed E-state index contributed by atoms with van der Waals surface area (Å²) in [5, 5.41) is 8.59. The first-order chi connectivity index (χ1) is 7.79. The number of aliphatic hydroxyl groups excluding tert-OH is 1. The molecule has 0 amide bonds. The van der Waals surface area contributed by atoms with Crippen LogP contribution < -0.4 is 0 Å². The first-order valence-electron chi connectivity index (χ1n) is 6.66. The third-order valence-electron chi connectivity index (χ3n) is 4.28. The SMILES string of the molecule is CN(CCOCCO)CC1CC2CCC1C2. The second-order valence-corrected chi connectivity index (χ2v) is 5.53. The molecule has 0 aromatic carbocycles. The van der Waals surface area contributed by atoms with Crippen LogP contribution in [0.2, 0.25) is 0 Å². The lowest BCUT2D eigenvalue weighted by atomic mass is 9.88. The van der Waals surface area contributed by atoms with Gasteiger partial charge in [-0.3, -0.25) is 0 Å². The molecule has 3 atom stereocenters. The Kier molecular flexibility index (Phi) is 4.62. The van der Waals surface area contributed by atoms with Crippen molar-refractivity contribution in [3.8, 4) is 0 Å². The molecule has 0 radical (unpaired) electrons. The van der Waals surface area contributed by atoms with E-state index in [4.69, 9.17) is 9.84 Å². The van der Waals surface area contributed by atoms with Crippen molar-refractivity contribution >= 4 is 0 Å². The second-order valence-electron chi connectivity index (χ2n) is 5.53. The Morgan fingerprint density at radius 1 is 1.25 bits per heavy atom. The van der Waals surface area contributed by atoms with Crippen LogP contribution in [0.1, 0.15) is 25.7 Å². The van der Waals surface area contributed by atoms with E-state index in [1.165, 1.54) is 32.2 Å². The maximum atomic E-state index is 8.59. The van der Waals surface area contributed by atoms with Crippen molar-refractivity contribution in [2.45, 2.75) is 25.7 Å². The topological polar surface area (TPSA) is 32.7 Å². The van der Waals surface area contributed by atoms with Gasteiger partial charge in [0.2, 0.25) is 0 Å². The Morgan fingerprint density at radius 2 is 2.12 bits per heavy atom. The molecule has 2 aliphatic carbocycles. The molecule has 2 aliphatic rings. The molecular formula is C13H25NO2. The summed E-state index contributed by atoms with van der Waals surface area (Å²) in [6.07, 6.45) is 5.93. The van der Waals surface area contributed by atoms with Gasteiger partial charge >= 0.3 is 0 Å². The molecule has 94 valence electrons. The van der Waals surface area contributed by atoms with Crippen LogP contribution in [0.3, 0.4) is 0 Å². The smallest absolute Gasteiger partial charge is 0.0698 e. The largest absolute Gasteiger partial charge is 0.394 e. The summed E-state index contributed by atoms with van der Waals surface area (Å²) in [6, 6.07) is 0. The first kappa shape index (κ1) is 12.3. The minimum Gasteiger partial charge on any atom is -0.394 e. The van der Waals surface area contributed by atoms with Gasteiger partial charge in [0.25, 0.3) is 0 Å². The highest BCUT2D eigenvalue weighted by Crippen LogP contribution is 2.48. The number of nitrogens with zero attached hydrogens (tertiary/aromatic N) is 1. The van der Waals surface area contributed by atoms with Crippen molar-refractivity contribution in [2.75, 3.05) is 40.0 Å². The fourth-order valence-corrected chi connectivity index (χ4v) is 3.48. The standard InChI is InChI=1S/C13H25NO2/c1-14(4-6-16-7-5-15)10-13-9-11-2-3-12(13)8-11/h11-13,15H,2-10H2,1H3. The van der Waals surface area contributed by atoms with E-state index in [1.54, 1.807) is 0 Å². The van der Waals surface area contributed by atoms with Gasteiger partial charge in [0.1, 0.15) is 0 Å². The quantitative estimate of drug-likeness (QED) is 0.667. The monoisotopic (exact) mass is 227 g/mol. The zero-order chi connectivity index (χ0) is 11.4. The van der Waals surface area contributed by atoms with E-state index >= 15 is 0 Å². The highest BCUT2D eigenvalue weighted by atomic mass is 16.5. The highest BCUT2D eigenvalue weighted by molar-refractivity contribution is 4.90. The summed E-state index contributed by atoms with van der Waals surface area (Å²) < 4.78 is 5.29. The maximum Gasteiger partial charge on any atom is 0.0698 e. The van der Waals surface area contributed by atoms with Crippen LogP contribution in [0, 0.1) is 17.8 Å². The average molecular weight is 227 g/mol. The van der Waals surface area contributed by atoms with Crippen LogP contribution in [0.25, 0.3) is 0 Å². The number of fused-ring (bicyclic) bond motifs is 2. The van der Waals surface area contributed by atoms with Crippen LogP contribution >= 0.6 is 0 Å². The van der Waals surface area contributed by atoms with E-state index < -0.39 is 0 Å². The molecule has 3 unspecified atom stereocenters. The van der Waals surface area contributed by atoms with Crippen LogP contribution in [0.15, 0.2) is 0 Å². The average Bonchev–Trinajstić information content (AvgIpc) is 2.86. The molecule has 0 aromatic heterocycles. The first-order valence-corrected chi connectivity index (χ1v) is 6.66. The van der Waals surface area contributed by atoms with E-state index in [1.807, 2.05) is 0 Å². The molecule has 0 heterocycles. The molecule has 1 N–H and O–H groups in total. The number of rotatable bonds is 7. The van der Waals surface area contributed by atoms with Gasteiger partial charge in [-0.25, -0.2) is 0 Å². The number of hydrogen-bond acceptors (Lipinski definition) is 3. The maximum absolute atomic E-state index is 8.59. The molecule has 2 bridgehead atoms. The van der Waals surface area contributed by atoms with Gasteiger partial charge in [0, 0.05) is 13.1 Å². The van der Waals surface area contributed by atoms with Crippen molar-refractivity contribution in [1.82, 2.24) is 4.90 Å². The molecule has 0 aromatic rings. The zero-order valence-electron chi connectivity index (χ0n) is 10.4. The summed E-state index contributed by atoms with van der Waals surface area (Å²) in [5.41, 5.74) is 0. The fraction of sp³-hybridized carbons (Fsp3) is 1.00. The molecule has 3 heteroatoms. The van der Waals surface area contributed by atoms with Crippen LogP contribution in [-0.2, 0) is 4.74 Å². The Hall–Kier alpha value is -0.120. The van der Waals surface area contributed by atoms with Gasteiger partial charge in [0.05, 0.1) is 19.8 Å². The van der Waals surface area contributed by atoms with Gasteiger partial charge in [-0.15, -0.1) is 0 Å². The van der Waals surface area contributed by atoms with Crippen molar-refractivity contribution in [1.29, 1.82) is 0 Å². The minimum absolute atomic E-state index is 0.135. The predicted molar refractivity (Wildman–Crippen MR) is 64.3 cm³/mol. The molecular weight excluding hydrogens is 202 g/mol. The summed E-state index contributed by atoms with van der Waals surface area (Å²) in [5.74, 6) is 3.02. The van der Waals surface area contributed by atoms with Crippen molar-refractivity contribution < 1.29 is 9.84 Å². The molecule has 3 nitrogen and oxygen atoms in total. The summed E-state index contributed by atoms with van der Waals surface area (Å²) >= 11 is 0. The van der Waals surface area contributed by atoms with Crippen molar-refractivity contribution in [2.24, 2.45) is 17.8 Å². The number of ether oxygens (including phenoxy) is 1. The normalized spacial score (nSPS) is 32.8. The number of likely N-dealkylation sites (N-methyl/N-ethyl adjacent to an activating group) is 1. The van der Waals surface area contributed by atoms with Gasteiger partial charge in [-0.05, 0) is 44.1 Å². The van der Waals surface area contributed by atoms with Gasteiger partial charge in [-0.1, -0.05) is 6.42 Å². The number of hydrogen-bond donors (Lipinski definition) is 1. The molecule has 0 saturated heterocycles. The van der Waals surface area contributed by atoms with Crippen LogP contribution in [-0.4, -0.2) is 50.0 Å². The lowest BCUT2D eigenvalue weighted by Crippen LogP contribution is -2.31. The Morgan fingerprint density at radius 3 is 2.75 bits per heavy atom. The Balaban J connectivity index is 1.58. The van der Waals surface area contributed by atoms with Gasteiger partial charge in [-0.2, -0.15) is 0 Å². The molecule has 0 aliphatic heterocycles. The molecule has 2 rings (SSSR count). The molecule has 2 saturated carbocycles. The molecule has 0 spiro atoms. The predicted octanol–water partition coefficient (Wildman–Crippen LogP) is 1.36. The van der Waals surface area contributed by atoms with Gasteiger partial charge in [0.15, 0.2) is 0 Å². The van der Waals surface area contributed by atoms with Crippen LogP contribution in [0.5, 0.6) is 0 Å². The molecule has 2 fully saturated rings. The lowest BCUT2D eigenvalue weighted by Gasteiger charge is -2.27. The fourth-order valence-electron chi connectivity index (χ4n) is 3.48. The van der Waals surface area contributed by atoms with E-state index in [0.29, 0.717) is 6.61 Å². The summed E-state index contributed by atoms with van der Waals surface area (Å²) in [6.45, 7) is 3.59. The van der Waals surface area contributed by atoms with E-state index in [9.17, 15) is 0 Å². The van der Waals surface area contributed by atoms with E-state index in [0.717, 1.165) is 30.9 Å². The molecule has 16 heavy (non-hydrogen) atoms. The zero-order valence-corrected chi connectivity index (χ0v) is 10.4.